The zero-order valence-electron chi connectivity index (χ0n) is 10.4. The summed E-state index contributed by atoms with van der Waals surface area (Å²) in [7, 11) is 0. The number of thiophene rings is 1. The van der Waals surface area contributed by atoms with Crippen LogP contribution in [0.4, 0.5) is 0 Å². The van der Waals surface area contributed by atoms with Crippen LogP contribution in [0.5, 0.6) is 0 Å². The van der Waals surface area contributed by atoms with Crippen LogP contribution in [0, 0.1) is 13.8 Å². The first-order valence-corrected chi connectivity index (χ1v) is 6.73. The Kier molecular flexibility index (Phi) is 4.29. The van der Waals surface area contributed by atoms with Gasteiger partial charge < -0.3 is 5.32 Å². The predicted molar refractivity (Wildman–Crippen MR) is 73.4 cm³/mol. The van der Waals surface area contributed by atoms with Gasteiger partial charge in [0.05, 0.1) is 0 Å². The number of rotatable bonds is 5. The summed E-state index contributed by atoms with van der Waals surface area (Å²) in [6.07, 6.45) is 4.76. The molecule has 0 amide bonds. The third kappa shape index (κ3) is 3.65. The molecule has 0 aromatic carbocycles. The summed E-state index contributed by atoms with van der Waals surface area (Å²) in [6, 6.07) is 6.42. The summed E-state index contributed by atoms with van der Waals surface area (Å²) in [6.45, 7) is 6.34. The molecule has 0 unspecified atom stereocenters. The van der Waals surface area contributed by atoms with Gasteiger partial charge in [-0.25, -0.2) is 0 Å². The predicted octanol–water partition coefficient (Wildman–Crippen LogP) is 3.09. The van der Waals surface area contributed by atoms with E-state index in [1.54, 1.807) is 0 Å². The van der Waals surface area contributed by atoms with Gasteiger partial charge in [0.1, 0.15) is 0 Å². The van der Waals surface area contributed by atoms with Gasteiger partial charge in [-0.3, -0.25) is 4.98 Å². The van der Waals surface area contributed by atoms with E-state index in [0.29, 0.717) is 0 Å². The molecule has 1 N–H and O–H groups in total. The minimum Gasteiger partial charge on any atom is -0.312 e. The zero-order chi connectivity index (χ0) is 12.1. The van der Waals surface area contributed by atoms with Crippen molar-refractivity contribution >= 4 is 11.3 Å². The Morgan fingerprint density at radius 3 is 2.65 bits per heavy atom. The van der Waals surface area contributed by atoms with Crippen molar-refractivity contribution in [3.63, 3.8) is 0 Å². The van der Waals surface area contributed by atoms with Crippen molar-refractivity contribution in [3.05, 3.63) is 51.5 Å². The minimum absolute atomic E-state index is 0.977. The van der Waals surface area contributed by atoms with E-state index in [1.165, 1.54) is 20.9 Å². The normalized spacial score (nSPS) is 10.7. The third-order valence-corrected chi connectivity index (χ3v) is 4.01. The molecule has 2 rings (SSSR count). The first kappa shape index (κ1) is 12.3. The largest absolute Gasteiger partial charge is 0.312 e. The van der Waals surface area contributed by atoms with E-state index in [0.717, 1.165) is 19.5 Å². The van der Waals surface area contributed by atoms with Crippen molar-refractivity contribution < 1.29 is 0 Å². The summed E-state index contributed by atoms with van der Waals surface area (Å²) >= 11 is 1.89. The van der Waals surface area contributed by atoms with Gasteiger partial charge >= 0.3 is 0 Å². The maximum Gasteiger partial charge on any atom is 0.0300 e. The molecule has 0 aliphatic carbocycles. The number of nitrogens with zero attached hydrogens (tertiary/aromatic N) is 1. The second-order valence-corrected chi connectivity index (χ2v) is 5.58. The lowest BCUT2D eigenvalue weighted by Crippen LogP contribution is -2.15. The monoisotopic (exact) mass is 246 g/mol. The minimum atomic E-state index is 0.977. The number of aryl methyl sites for hydroxylation is 2. The Balaban J connectivity index is 1.73. The molecule has 0 saturated carbocycles. The highest BCUT2D eigenvalue weighted by atomic mass is 32.1. The molecule has 2 aromatic rings. The molecule has 2 nitrogen and oxygen atoms in total. The summed E-state index contributed by atoms with van der Waals surface area (Å²) in [5, 5.41) is 3.48. The SMILES string of the molecule is Cc1cc(CNCCc2ccncc2)sc1C. The third-order valence-electron chi connectivity index (χ3n) is 2.86. The van der Waals surface area contributed by atoms with Crippen LogP contribution in [0.25, 0.3) is 0 Å². The quantitative estimate of drug-likeness (QED) is 0.820. The second kappa shape index (κ2) is 5.94. The van der Waals surface area contributed by atoms with Crippen molar-refractivity contribution in [1.82, 2.24) is 10.3 Å². The molecule has 2 aromatic heterocycles. The van der Waals surface area contributed by atoms with Crippen molar-refractivity contribution in [2.45, 2.75) is 26.8 Å². The van der Waals surface area contributed by atoms with E-state index in [-0.39, 0.29) is 0 Å². The zero-order valence-corrected chi connectivity index (χ0v) is 11.2. The highest BCUT2D eigenvalue weighted by molar-refractivity contribution is 7.12. The molecule has 0 spiro atoms. The van der Waals surface area contributed by atoms with Crippen molar-refractivity contribution in [1.29, 1.82) is 0 Å². The van der Waals surface area contributed by atoms with Gasteiger partial charge in [0.25, 0.3) is 0 Å². The molecule has 17 heavy (non-hydrogen) atoms. The van der Waals surface area contributed by atoms with Gasteiger partial charge in [-0.05, 0) is 56.1 Å². The van der Waals surface area contributed by atoms with E-state index >= 15 is 0 Å². The van der Waals surface area contributed by atoms with E-state index < -0.39 is 0 Å². The van der Waals surface area contributed by atoms with Crippen LogP contribution in [0.1, 0.15) is 20.9 Å². The van der Waals surface area contributed by atoms with Crippen LogP contribution in [0.2, 0.25) is 0 Å². The number of hydrogen-bond donors (Lipinski definition) is 1. The Morgan fingerprint density at radius 2 is 2.00 bits per heavy atom. The van der Waals surface area contributed by atoms with Crippen molar-refractivity contribution in [2.24, 2.45) is 0 Å². The average molecular weight is 246 g/mol. The van der Waals surface area contributed by atoms with E-state index in [2.05, 4.69) is 42.3 Å². The molecule has 0 aliphatic heterocycles. The molecule has 0 aliphatic rings. The first-order chi connectivity index (χ1) is 8.25. The number of nitrogens with one attached hydrogen (secondary N) is 1. The summed E-state index contributed by atoms with van der Waals surface area (Å²) in [5.74, 6) is 0. The van der Waals surface area contributed by atoms with Gasteiger partial charge in [-0.1, -0.05) is 0 Å². The van der Waals surface area contributed by atoms with Crippen LogP contribution < -0.4 is 5.32 Å². The van der Waals surface area contributed by atoms with Crippen LogP contribution >= 0.6 is 11.3 Å². The molecular weight excluding hydrogens is 228 g/mol. The van der Waals surface area contributed by atoms with Gasteiger partial charge in [-0.2, -0.15) is 0 Å². The maximum absolute atomic E-state index is 4.01. The molecule has 3 heteroatoms. The van der Waals surface area contributed by atoms with Crippen LogP contribution in [0.3, 0.4) is 0 Å². The van der Waals surface area contributed by atoms with Gasteiger partial charge in [-0.15, -0.1) is 11.3 Å². The van der Waals surface area contributed by atoms with Crippen LogP contribution in [-0.4, -0.2) is 11.5 Å². The summed E-state index contributed by atoms with van der Waals surface area (Å²) < 4.78 is 0. The fraction of sp³-hybridized carbons (Fsp3) is 0.357. The van der Waals surface area contributed by atoms with Gasteiger partial charge in [0, 0.05) is 28.7 Å². The fourth-order valence-corrected chi connectivity index (χ4v) is 2.75. The van der Waals surface area contributed by atoms with Gasteiger partial charge in [0.15, 0.2) is 0 Å². The lowest BCUT2D eigenvalue weighted by atomic mass is 10.2. The van der Waals surface area contributed by atoms with E-state index in [1.807, 2.05) is 23.7 Å². The highest BCUT2D eigenvalue weighted by Crippen LogP contribution is 2.20. The van der Waals surface area contributed by atoms with E-state index in [9.17, 15) is 0 Å². The summed E-state index contributed by atoms with van der Waals surface area (Å²) in [5.41, 5.74) is 2.74. The van der Waals surface area contributed by atoms with E-state index in [4.69, 9.17) is 0 Å². The molecule has 0 bridgehead atoms. The Labute approximate surface area is 107 Å². The Hall–Kier alpha value is -1.19. The van der Waals surface area contributed by atoms with Crippen LogP contribution in [0.15, 0.2) is 30.6 Å². The lowest BCUT2D eigenvalue weighted by Gasteiger charge is -2.02. The molecule has 0 fully saturated rings. The smallest absolute Gasteiger partial charge is 0.0300 e. The topological polar surface area (TPSA) is 24.9 Å². The Bertz CT molecular complexity index is 443. The fourth-order valence-electron chi connectivity index (χ4n) is 1.73. The number of pyridine rings is 1. The standard InChI is InChI=1S/C14H18N2S/c1-11-9-14(17-12(11)2)10-16-8-5-13-3-6-15-7-4-13/h3-4,6-7,9,16H,5,8,10H2,1-2H3. The molecule has 0 radical (unpaired) electrons. The first-order valence-electron chi connectivity index (χ1n) is 5.91. The van der Waals surface area contributed by atoms with Crippen molar-refractivity contribution in [2.75, 3.05) is 6.54 Å². The number of hydrogen-bond acceptors (Lipinski definition) is 3. The van der Waals surface area contributed by atoms with Crippen molar-refractivity contribution in [3.8, 4) is 0 Å². The second-order valence-electron chi connectivity index (χ2n) is 4.23. The lowest BCUT2D eigenvalue weighted by molar-refractivity contribution is 0.693. The Morgan fingerprint density at radius 1 is 1.24 bits per heavy atom. The molecule has 0 saturated heterocycles. The van der Waals surface area contributed by atoms with Gasteiger partial charge in [0.2, 0.25) is 0 Å². The molecule has 90 valence electrons. The molecular formula is C14H18N2S. The molecule has 2 heterocycles. The highest BCUT2D eigenvalue weighted by Gasteiger charge is 2.00. The molecule has 0 atom stereocenters. The summed E-state index contributed by atoms with van der Waals surface area (Å²) in [4.78, 5) is 6.87. The average Bonchev–Trinajstić information content (AvgIpc) is 2.66. The van der Waals surface area contributed by atoms with Crippen LogP contribution in [-0.2, 0) is 13.0 Å². The maximum atomic E-state index is 4.01. The number of aromatic nitrogens is 1.